The van der Waals surface area contributed by atoms with Gasteiger partial charge < -0.3 is 9.26 Å². The van der Waals surface area contributed by atoms with Crippen molar-refractivity contribution in [3.63, 3.8) is 0 Å². The van der Waals surface area contributed by atoms with Crippen LogP contribution in [0.15, 0.2) is 16.7 Å². The molecule has 0 fully saturated rings. The van der Waals surface area contributed by atoms with E-state index in [-0.39, 0.29) is 10.9 Å². The quantitative estimate of drug-likeness (QED) is 0.727. The lowest BCUT2D eigenvalue weighted by Gasteiger charge is -2.13. The first-order chi connectivity index (χ1) is 10.3. The number of hydrogen-bond acceptors (Lipinski definition) is 4. The van der Waals surface area contributed by atoms with E-state index < -0.39 is 5.97 Å². The summed E-state index contributed by atoms with van der Waals surface area (Å²) in [6.07, 6.45) is 0. The summed E-state index contributed by atoms with van der Waals surface area (Å²) in [5.41, 5.74) is 2.30. The van der Waals surface area contributed by atoms with Crippen LogP contribution in [0.4, 0.5) is 0 Å². The van der Waals surface area contributed by atoms with Crippen molar-refractivity contribution in [2.45, 2.75) is 27.7 Å². The molecule has 6 heteroatoms. The molecule has 4 nitrogen and oxygen atoms in total. The van der Waals surface area contributed by atoms with Gasteiger partial charge in [-0.1, -0.05) is 42.2 Å². The third kappa shape index (κ3) is 3.45. The fourth-order valence-corrected chi connectivity index (χ4v) is 2.52. The zero-order valence-electron chi connectivity index (χ0n) is 12.9. The van der Waals surface area contributed by atoms with E-state index in [0.717, 1.165) is 5.69 Å². The number of nitrogens with zero attached hydrogens (tertiary/aromatic N) is 1. The molecular weight excluding hydrogens is 325 g/mol. The molecule has 0 atom stereocenters. The van der Waals surface area contributed by atoms with Gasteiger partial charge in [-0.2, -0.15) is 0 Å². The standard InChI is InChI=1S/C16H17Cl2NO3/c1-8(2)7-21-16(20)11-6-12(17)15(18)14(10(11)4)13-5-9(3)19-22-13/h5-6,8H,7H2,1-4H3. The Labute approximate surface area is 139 Å². The molecule has 2 rings (SSSR count). The summed E-state index contributed by atoms with van der Waals surface area (Å²) in [6.45, 7) is 7.87. The number of benzene rings is 1. The van der Waals surface area contributed by atoms with Gasteiger partial charge in [-0.3, -0.25) is 0 Å². The van der Waals surface area contributed by atoms with Gasteiger partial charge >= 0.3 is 5.97 Å². The molecule has 0 radical (unpaired) electrons. The van der Waals surface area contributed by atoms with Gasteiger partial charge in [0.1, 0.15) is 0 Å². The molecule has 2 aromatic rings. The Balaban J connectivity index is 2.49. The van der Waals surface area contributed by atoms with Crippen LogP contribution in [0, 0.1) is 19.8 Å². The number of ether oxygens (including phenoxy) is 1. The van der Waals surface area contributed by atoms with Crippen LogP contribution in [0.2, 0.25) is 10.0 Å². The summed E-state index contributed by atoms with van der Waals surface area (Å²) >= 11 is 12.4. The molecular formula is C16H17Cl2NO3. The highest BCUT2D eigenvalue weighted by Gasteiger charge is 2.22. The van der Waals surface area contributed by atoms with Gasteiger partial charge in [0.05, 0.1) is 27.9 Å². The van der Waals surface area contributed by atoms with Gasteiger partial charge in [0.15, 0.2) is 5.76 Å². The minimum Gasteiger partial charge on any atom is -0.462 e. The van der Waals surface area contributed by atoms with Crippen molar-refractivity contribution in [3.8, 4) is 11.3 Å². The Morgan fingerprint density at radius 1 is 1.32 bits per heavy atom. The van der Waals surface area contributed by atoms with Crippen molar-refractivity contribution in [1.29, 1.82) is 0 Å². The monoisotopic (exact) mass is 341 g/mol. The predicted octanol–water partition coefficient (Wildman–Crippen LogP) is 5.08. The molecule has 0 saturated heterocycles. The smallest absolute Gasteiger partial charge is 0.338 e. The molecule has 1 aromatic heterocycles. The van der Waals surface area contributed by atoms with Gasteiger partial charge in [0.2, 0.25) is 0 Å². The van der Waals surface area contributed by atoms with Crippen molar-refractivity contribution >= 4 is 29.2 Å². The highest BCUT2D eigenvalue weighted by atomic mass is 35.5. The predicted molar refractivity (Wildman–Crippen MR) is 86.6 cm³/mol. The highest BCUT2D eigenvalue weighted by molar-refractivity contribution is 6.44. The molecule has 22 heavy (non-hydrogen) atoms. The second kappa shape index (κ2) is 6.71. The molecule has 0 aliphatic carbocycles. The second-order valence-electron chi connectivity index (χ2n) is 5.54. The normalized spacial score (nSPS) is 11.0. The lowest BCUT2D eigenvalue weighted by molar-refractivity contribution is 0.0458. The van der Waals surface area contributed by atoms with Crippen molar-refractivity contribution in [2.24, 2.45) is 5.92 Å². The first-order valence-corrected chi connectivity index (χ1v) is 7.66. The second-order valence-corrected chi connectivity index (χ2v) is 6.33. The maximum atomic E-state index is 12.3. The third-order valence-corrected chi connectivity index (χ3v) is 3.91. The molecule has 0 amide bonds. The number of carbonyl (C=O) groups is 1. The minimum absolute atomic E-state index is 0.253. The molecule has 1 aromatic carbocycles. The van der Waals surface area contributed by atoms with E-state index in [1.54, 1.807) is 19.9 Å². The molecule has 0 unspecified atom stereocenters. The minimum atomic E-state index is -0.428. The number of aryl methyl sites for hydroxylation is 1. The summed E-state index contributed by atoms with van der Waals surface area (Å²) in [4.78, 5) is 12.3. The lowest BCUT2D eigenvalue weighted by Crippen LogP contribution is -2.12. The van der Waals surface area contributed by atoms with E-state index in [4.69, 9.17) is 32.5 Å². The summed E-state index contributed by atoms with van der Waals surface area (Å²) in [5.74, 6) is 0.297. The van der Waals surface area contributed by atoms with E-state index in [1.165, 1.54) is 6.07 Å². The molecule has 1 heterocycles. The van der Waals surface area contributed by atoms with E-state index in [1.807, 2.05) is 13.8 Å². The zero-order chi connectivity index (χ0) is 16.4. The van der Waals surface area contributed by atoms with Crippen LogP contribution in [0.5, 0.6) is 0 Å². The fourth-order valence-electron chi connectivity index (χ4n) is 2.02. The van der Waals surface area contributed by atoms with Gasteiger partial charge in [-0.15, -0.1) is 0 Å². The molecule has 0 aliphatic rings. The first-order valence-electron chi connectivity index (χ1n) is 6.90. The topological polar surface area (TPSA) is 52.3 Å². The number of hydrogen-bond donors (Lipinski definition) is 0. The van der Waals surface area contributed by atoms with Crippen LogP contribution in [0.25, 0.3) is 11.3 Å². The van der Waals surface area contributed by atoms with Crippen molar-refractivity contribution < 1.29 is 14.1 Å². The van der Waals surface area contributed by atoms with E-state index in [0.29, 0.717) is 34.1 Å². The van der Waals surface area contributed by atoms with Crippen LogP contribution < -0.4 is 0 Å². The number of halogens is 2. The Morgan fingerprint density at radius 3 is 2.55 bits per heavy atom. The first kappa shape index (κ1) is 16.8. The van der Waals surface area contributed by atoms with Crippen LogP contribution in [-0.2, 0) is 4.74 Å². The highest BCUT2D eigenvalue weighted by Crippen LogP contribution is 2.38. The van der Waals surface area contributed by atoms with Gasteiger partial charge in [0, 0.05) is 11.6 Å². The summed E-state index contributed by atoms with van der Waals surface area (Å²) in [7, 11) is 0. The number of carbonyl (C=O) groups excluding carboxylic acids is 1. The van der Waals surface area contributed by atoms with Crippen LogP contribution in [0.3, 0.4) is 0 Å². The van der Waals surface area contributed by atoms with Crippen molar-refractivity contribution in [3.05, 3.63) is 39.0 Å². The SMILES string of the molecule is Cc1cc(-c2c(C)c(C(=O)OCC(C)C)cc(Cl)c2Cl)on1. The fraction of sp³-hybridized carbons (Fsp3) is 0.375. The molecule has 0 spiro atoms. The summed E-state index contributed by atoms with van der Waals surface area (Å²) in [6, 6.07) is 3.27. The molecule has 0 saturated carbocycles. The lowest BCUT2D eigenvalue weighted by atomic mass is 10.00. The van der Waals surface area contributed by atoms with Gasteiger partial charge in [0.25, 0.3) is 0 Å². The van der Waals surface area contributed by atoms with Crippen molar-refractivity contribution in [1.82, 2.24) is 5.16 Å². The van der Waals surface area contributed by atoms with Crippen LogP contribution in [0.1, 0.15) is 35.5 Å². The number of aromatic nitrogens is 1. The maximum absolute atomic E-state index is 12.3. The average Bonchev–Trinajstić information content (AvgIpc) is 2.86. The summed E-state index contributed by atoms with van der Waals surface area (Å²) < 4.78 is 10.5. The molecule has 0 N–H and O–H groups in total. The number of rotatable bonds is 4. The van der Waals surface area contributed by atoms with Crippen LogP contribution >= 0.6 is 23.2 Å². The zero-order valence-corrected chi connectivity index (χ0v) is 14.4. The molecule has 118 valence electrons. The Kier molecular flexibility index (Phi) is 5.14. The van der Waals surface area contributed by atoms with Gasteiger partial charge in [-0.05, 0) is 31.4 Å². The Hall–Kier alpha value is -1.52. The van der Waals surface area contributed by atoms with Crippen LogP contribution in [-0.4, -0.2) is 17.7 Å². The Morgan fingerprint density at radius 2 is 2.00 bits per heavy atom. The van der Waals surface area contributed by atoms with E-state index in [2.05, 4.69) is 5.16 Å². The third-order valence-electron chi connectivity index (χ3n) is 3.12. The maximum Gasteiger partial charge on any atom is 0.338 e. The van der Waals surface area contributed by atoms with E-state index >= 15 is 0 Å². The summed E-state index contributed by atoms with van der Waals surface area (Å²) in [5, 5.41) is 4.45. The number of esters is 1. The molecule has 0 aliphatic heterocycles. The molecule has 0 bridgehead atoms. The average molecular weight is 342 g/mol. The largest absolute Gasteiger partial charge is 0.462 e. The van der Waals surface area contributed by atoms with Crippen molar-refractivity contribution in [2.75, 3.05) is 6.61 Å². The van der Waals surface area contributed by atoms with Gasteiger partial charge in [-0.25, -0.2) is 4.79 Å². The van der Waals surface area contributed by atoms with E-state index in [9.17, 15) is 4.79 Å². The Bertz CT molecular complexity index is 708.